The molecule has 0 amide bonds. The lowest BCUT2D eigenvalue weighted by Crippen LogP contribution is -2.10. The Morgan fingerprint density at radius 1 is 1.41 bits per heavy atom. The maximum atomic E-state index is 11.2. The number of anilines is 1. The number of aromatic nitrogens is 3. The predicted octanol–water partition coefficient (Wildman–Crippen LogP) is 2.29. The smallest absolute Gasteiger partial charge is 0.261 e. The van der Waals surface area contributed by atoms with E-state index in [1.807, 2.05) is 20.9 Å². The van der Waals surface area contributed by atoms with Crippen molar-refractivity contribution < 1.29 is 0 Å². The Hall–Kier alpha value is -1.78. The molecule has 5 heteroatoms. The standard InChI is InChI=1S/C7H8N4O.C3H8.C2H6/c1-11-3-2-4-5(11)9-7(8)10-6(4)12;1-3-2;1-2/h2-3H,1H3,(H3,8,9,10,12);3H2,1-2H3;1-2H3. The molecule has 2 rings (SSSR count). The largest absolute Gasteiger partial charge is 0.369 e. The minimum absolute atomic E-state index is 0.148. The van der Waals surface area contributed by atoms with E-state index in [-0.39, 0.29) is 11.5 Å². The Balaban J connectivity index is 0.000000450. The van der Waals surface area contributed by atoms with Gasteiger partial charge in [0.1, 0.15) is 5.65 Å². The van der Waals surface area contributed by atoms with Gasteiger partial charge in [-0.3, -0.25) is 9.78 Å². The topological polar surface area (TPSA) is 76.7 Å². The van der Waals surface area contributed by atoms with Crippen LogP contribution in [-0.2, 0) is 7.05 Å². The zero-order valence-corrected chi connectivity index (χ0v) is 11.2. The van der Waals surface area contributed by atoms with Crippen molar-refractivity contribution in [2.45, 2.75) is 34.1 Å². The van der Waals surface area contributed by atoms with Gasteiger partial charge in [0.25, 0.3) is 5.56 Å². The van der Waals surface area contributed by atoms with Crippen molar-refractivity contribution in [3.63, 3.8) is 0 Å². The summed E-state index contributed by atoms with van der Waals surface area (Å²) < 4.78 is 1.75. The molecule has 17 heavy (non-hydrogen) atoms. The van der Waals surface area contributed by atoms with Gasteiger partial charge in [0.15, 0.2) is 0 Å². The first-order valence-electron chi connectivity index (χ1n) is 5.91. The fourth-order valence-electron chi connectivity index (χ4n) is 1.16. The van der Waals surface area contributed by atoms with Gasteiger partial charge in [-0.15, -0.1) is 0 Å². The van der Waals surface area contributed by atoms with Gasteiger partial charge in [-0.1, -0.05) is 34.1 Å². The lowest BCUT2D eigenvalue weighted by molar-refractivity contribution is 0.944. The molecule has 0 unspecified atom stereocenters. The molecule has 2 heterocycles. The van der Waals surface area contributed by atoms with Crippen molar-refractivity contribution in [3.8, 4) is 0 Å². The molecule has 0 aliphatic rings. The second kappa shape index (κ2) is 7.49. The van der Waals surface area contributed by atoms with Crippen molar-refractivity contribution in [1.29, 1.82) is 0 Å². The lowest BCUT2D eigenvalue weighted by Gasteiger charge is -1.95. The third-order valence-corrected chi connectivity index (χ3v) is 1.75. The first kappa shape index (κ1) is 15.2. The lowest BCUT2D eigenvalue weighted by atomic mass is 10.4. The van der Waals surface area contributed by atoms with Gasteiger partial charge >= 0.3 is 0 Å². The van der Waals surface area contributed by atoms with Crippen molar-refractivity contribution in [3.05, 3.63) is 22.6 Å². The van der Waals surface area contributed by atoms with Crippen LogP contribution in [0.2, 0.25) is 0 Å². The van der Waals surface area contributed by atoms with Crippen LogP contribution in [0.1, 0.15) is 34.1 Å². The number of nitrogen functional groups attached to an aromatic ring is 1. The number of aromatic amines is 1. The van der Waals surface area contributed by atoms with Crippen molar-refractivity contribution >= 4 is 17.0 Å². The molecule has 2 aromatic heterocycles. The number of nitrogens with zero attached hydrogens (tertiary/aromatic N) is 2. The fourth-order valence-corrected chi connectivity index (χ4v) is 1.16. The van der Waals surface area contributed by atoms with Gasteiger partial charge in [0.05, 0.1) is 5.39 Å². The van der Waals surface area contributed by atoms with Crippen LogP contribution in [0.15, 0.2) is 17.1 Å². The first-order valence-corrected chi connectivity index (χ1v) is 5.91. The number of hydrogen-bond donors (Lipinski definition) is 2. The molecule has 0 saturated carbocycles. The third-order valence-electron chi connectivity index (χ3n) is 1.75. The Kier molecular flexibility index (Phi) is 6.70. The average Bonchev–Trinajstić information content (AvgIpc) is 2.65. The highest BCUT2D eigenvalue weighted by atomic mass is 16.1. The number of rotatable bonds is 0. The Morgan fingerprint density at radius 2 is 1.94 bits per heavy atom. The highest BCUT2D eigenvalue weighted by Crippen LogP contribution is 2.06. The summed E-state index contributed by atoms with van der Waals surface area (Å²) in [6.07, 6.45) is 3.02. The minimum Gasteiger partial charge on any atom is -0.369 e. The summed E-state index contributed by atoms with van der Waals surface area (Å²) in [6, 6.07) is 1.71. The van der Waals surface area contributed by atoms with E-state index in [9.17, 15) is 4.79 Å². The Labute approximate surface area is 102 Å². The summed E-state index contributed by atoms with van der Waals surface area (Å²) in [5, 5.41) is 0.562. The van der Waals surface area contributed by atoms with E-state index in [1.165, 1.54) is 6.42 Å². The number of nitrogens with one attached hydrogen (secondary N) is 1. The van der Waals surface area contributed by atoms with Crippen molar-refractivity contribution in [2.24, 2.45) is 7.05 Å². The van der Waals surface area contributed by atoms with Gasteiger partial charge in [-0.05, 0) is 6.07 Å². The maximum Gasteiger partial charge on any atom is 0.261 e. The number of aryl methyl sites for hydroxylation is 1. The molecule has 2 aromatic rings. The van der Waals surface area contributed by atoms with Crippen molar-refractivity contribution in [1.82, 2.24) is 14.5 Å². The van der Waals surface area contributed by atoms with E-state index in [2.05, 4.69) is 23.8 Å². The summed E-state index contributed by atoms with van der Waals surface area (Å²) in [5.41, 5.74) is 5.78. The summed E-state index contributed by atoms with van der Waals surface area (Å²) in [4.78, 5) is 17.6. The summed E-state index contributed by atoms with van der Waals surface area (Å²) in [6.45, 7) is 8.25. The first-order chi connectivity index (χ1) is 8.10. The predicted molar refractivity (Wildman–Crippen MR) is 73.1 cm³/mol. The minimum atomic E-state index is -0.196. The molecule has 0 radical (unpaired) electrons. The van der Waals surface area contributed by atoms with Gasteiger partial charge in [-0.2, -0.15) is 4.98 Å². The van der Waals surface area contributed by atoms with Crippen LogP contribution in [0.4, 0.5) is 5.95 Å². The quantitative estimate of drug-likeness (QED) is 0.739. The van der Waals surface area contributed by atoms with E-state index < -0.39 is 0 Å². The molecule has 0 fully saturated rings. The molecule has 0 spiro atoms. The molecule has 0 bridgehead atoms. The molecule has 3 N–H and O–H groups in total. The Morgan fingerprint density at radius 3 is 2.47 bits per heavy atom. The van der Waals surface area contributed by atoms with E-state index in [0.29, 0.717) is 11.0 Å². The molecule has 0 aliphatic carbocycles. The highest BCUT2D eigenvalue weighted by Gasteiger charge is 2.03. The summed E-state index contributed by atoms with van der Waals surface area (Å²) in [5.74, 6) is 0.148. The molecular weight excluding hydrogens is 216 g/mol. The number of H-pyrrole nitrogens is 1. The van der Waals surface area contributed by atoms with Crippen LogP contribution in [0, 0.1) is 0 Å². The van der Waals surface area contributed by atoms with Gasteiger partial charge in [-0.25, -0.2) is 0 Å². The van der Waals surface area contributed by atoms with Crippen LogP contribution in [0.25, 0.3) is 11.0 Å². The maximum absolute atomic E-state index is 11.2. The molecule has 0 saturated heterocycles. The van der Waals surface area contributed by atoms with E-state index in [0.717, 1.165) is 0 Å². The Bertz CT molecular complexity index is 499. The zero-order chi connectivity index (χ0) is 13.4. The van der Waals surface area contributed by atoms with Gasteiger partial charge < -0.3 is 10.3 Å². The number of hydrogen-bond acceptors (Lipinski definition) is 3. The second-order valence-corrected chi connectivity index (χ2v) is 3.32. The average molecular weight is 238 g/mol. The summed E-state index contributed by atoms with van der Waals surface area (Å²) in [7, 11) is 1.81. The highest BCUT2D eigenvalue weighted by molar-refractivity contribution is 5.75. The normalized spacial score (nSPS) is 9.00. The van der Waals surface area contributed by atoms with Crippen molar-refractivity contribution in [2.75, 3.05) is 5.73 Å². The van der Waals surface area contributed by atoms with E-state index >= 15 is 0 Å². The van der Waals surface area contributed by atoms with Crippen LogP contribution in [0.5, 0.6) is 0 Å². The van der Waals surface area contributed by atoms with Crippen LogP contribution >= 0.6 is 0 Å². The number of nitrogens with two attached hydrogens (primary N) is 1. The van der Waals surface area contributed by atoms with Gasteiger partial charge in [0, 0.05) is 13.2 Å². The van der Waals surface area contributed by atoms with Gasteiger partial charge in [0.2, 0.25) is 5.95 Å². The summed E-state index contributed by atoms with van der Waals surface area (Å²) >= 11 is 0. The second-order valence-electron chi connectivity index (χ2n) is 3.32. The van der Waals surface area contributed by atoms with E-state index in [1.54, 1.807) is 16.8 Å². The molecule has 96 valence electrons. The monoisotopic (exact) mass is 238 g/mol. The fraction of sp³-hybridized carbons (Fsp3) is 0.500. The molecule has 0 atom stereocenters. The zero-order valence-electron chi connectivity index (χ0n) is 11.2. The molecule has 0 aromatic carbocycles. The van der Waals surface area contributed by atoms with Crippen LogP contribution in [-0.4, -0.2) is 14.5 Å². The number of fused-ring (bicyclic) bond motifs is 1. The van der Waals surface area contributed by atoms with E-state index in [4.69, 9.17) is 5.73 Å². The van der Waals surface area contributed by atoms with Crippen LogP contribution < -0.4 is 11.3 Å². The SMILES string of the molecule is CC.CCC.Cn1ccc2c(=O)[nH]c(N)nc21. The molecular formula is C12H22N4O. The third kappa shape index (κ3) is 3.94. The molecule has 0 aliphatic heterocycles. The molecule has 5 nitrogen and oxygen atoms in total. The van der Waals surface area contributed by atoms with Crippen LogP contribution in [0.3, 0.4) is 0 Å².